The van der Waals surface area contributed by atoms with Crippen molar-refractivity contribution in [2.24, 2.45) is 0 Å². The molecule has 1 aliphatic rings. The Kier molecular flexibility index (Phi) is 4.90. The van der Waals surface area contributed by atoms with Gasteiger partial charge in [0.05, 0.1) is 23.7 Å². The molecule has 1 amide bonds. The van der Waals surface area contributed by atoms with Crippen LogP contribution in [0.5, 0.6) is 0 Å². The lowest BCUT2D eigenvalue weighted by Gasteiger charge is -2.12. The Morgan fingerprint density at radius 2 is 2.23 bits per heavy atom. The van der Waals surface area contributed by atoms with E-state index in [0.717, 1.165) is 33.3 Å². The smallest absolute Gasteiger partial charge is 0.261 e. The second-order valence-electron chi connectivity index (χ2n) is 5.51. The molecule has 3 rings (SSSR count). The third-order valence-electron chi connectivity index (χ3n) is 3.92. The fourth-order valence-electron chi connectivity index (χ4n) is 2.79. The molecule has 0 bridgehead atoms. The molecule has 0 saturated heterocycles. The number of fused-ring (bicyclic) bond motifs is 1. The number of thiophene rings is 1. The second kappa shape index (κ2) is 6.89. The van der Waals surface area contributed by atoms with Gasteiger partial charge in [0.1, 0.15) is 5.01 Å². The van der Waals surface area contributed by atoms with E-state index >= 15 is 0 Å². The Balaban J connectivity index is 1.66. The van der Waals surface area contributed by atoms with Crippen molar-refractivity contribution in [1.82, 2.24) is 10.3 Å². The lowest BCUT2D eigenvalue weighted by atomic mass is 9.94. The Bertz CT molecular complexity index is 676. The van der Waals surface area contributed by atoms with E-state index in [0.29, 0.717) is 13.2 Å². The molecule has 1 aliphatic carbocycles. The quantitative estimate of drug-likeness (QED) is 0.909. The number of rotatable bonds is 5. The van der Waals surface area contributed by atoms with Crippen molar-refractivity contribution in [2.45, 2.75) is 45.8 Å². The summed E-state index contributed by atoms with van der Waals surface area (Å²) in [5.41, 5.74) is 3.62. The van der Waals surface area contributed by atoms with E-state index in [4.69, 9.17) is 4.74 Å². The van der Waals surface area contributed by atoms with Gasteiger partial charge in [-0.15, -0.1) is 22.7 Å². The largest absolute Gasteiger partial charge is 0.378 e. The van der Waals surface area contributed by atoms with Gasteiger partial charge in [-0.1, -0.05) is 0 Å². The minimum atomic E-state index is 0.0502. The van der Waals surface area contributed by atoms with Gasteiger partial charge < -0.3 is 10.1 Å². The summed E-state index contributed by atoms with van der Waals surface area (Å²) in [5.74, 6) is 0.0502. The van der Waals surface area contributed by atoms with Crippen molar-refractivity contribution >= 4 is 28.6 Å². The van der Waals surface area contributed by atoms with Crippen molar-refractivity contribution in [3.63, 3.8) is 0 Å². The number of carbonyl (C=O) groups is 1. The van der Waals surface area contributed by atoms with Gasteiger partial charge in [0.25, 0.3) is 5.91 Å². The molecule has 118 valence electrons. The molecule has 0 aromatic carbocycles. The van der Waals surface area contributed by atoms with Crippen LogP contribution in [-0.4, -0.2) is 18.0 Å². The van der Waals surface area contributed by atoms with E-state index in [2.05, 4.69) is 15.7 Å². The van der Waals surface area contributed by atoms with Gasteiger partial charge in [0.15, 0.2) is 0 Å². The van der Waals surface area contributed by atoms with Gasteiger partial charge in [0, 0.05) is 12.0 Å². The summed E-state index contributed by atoms with van der Waals surface area (Å²) in [7, 11) is 1.66. The number of aromatic nitrogens is 1. The summed E-state index contributed by atoms with van der Waals surface area (Å²) >= 11 is 3.19. The Morgan fingerprint density at radius 3 is 3.05 bits per heavy atom. The molecule has 0 aliphatic heterocycles. The monoisotopic (exact) mass is 336 g/mol. The molecule has 0 fully saturated rings. The first kappa shape index (κ1) is 15.6. The Hall–Kier alpha value is -1.24. The SMILES string of the molecule is COCc1nc(C)c(CNC(=O)c2scc3c2CCCC3)s1. The fraction of sp³-hybridized carbons (Fsp3) is 0.500. The van der Waals surface area contributed by atoms with Gasteiger partial charge in [-0.2, -0.15) is 0 Å². The molecule has 0 radical (unpaired) electrons. The molecule has 2 aromatic heterocycles. The van der Waals surface area contributed by atoms with E-state index in [1.807, 2.05) is 6.92 Å². The van der Waals surface area contributed by atoms with Crippen LogP contribution in [0.4, 0.5) is 0 Å². The lowest BCUT2D eigenvalue weighted by molar-refractivity contribution is 0.0954. The van der Waals surface area contributed by atoms with Gasteiger partial charge in [0.2, 0.25) is 0 Å². The zero-order valence-corrected chi connectivity index (χ0v) is 14.5. The number of thiazole rings is 1. The van der Waals surface area contributed by atoms with Crippen LogP contribution in [0.15, 0.2) is 5.38 Å². The van der Waals surface area contributed by atoms with E-state index in [1.165, 1.54) is 24.0 Å². The number of carbonyl (C=O) groups excluding carboxylic acids is 1. The molecule has 2 heterocycles. The summed E-state index contributed by atoms with van der Waals surface area (Å²) in [6.45, 7) is 3.04. The average molecular weight is 336 g/mol. The molecule has 0 atom stereocenters. The van der Waals surface area contributed by atoms with E-state index in [-0.39, 0.29) is 5.91 Å². The predicted molar refractivity (Wildman–Crippen MR) is 89.7 cm³/mol. The molecule has 0 unspecified atom stereocenters. The molecule has 0 saturated carbocycles. The maximum absolute atomic E-state index is 12.5. The minimum Gasteiger partial charge on any atom is -0.378 e. The Morgan fingerprint density at radius 1 is 1.41 bits per heavy atom. The molecule has 2 aromatic rings. The van der Waals surface area contributed by atoms with Crippen LogP contribution in [0.25, 0.3) is 0 Å². The fourth-order valence-corrected chi connectivity index (χ4v) is 4.84. The van der Waals surface area contributed by atoms with Gasteiger partial charge in [-0.3, -0.25) is 4.79 Å². The van der Waals surface area contributed by atoms with Crippen LogP contribution >= 0.6 is 22.7 Å². The number of nitrogens with zero attached hydrogens (tertiary/aromatic N) is 1. The number of methoxy groups -OCH3 is 1. The normalized spacial score (nSPS) is 13.9. The van der Waals surface area contributed by atoms with Crippen molar-refractivity contribution < 1.29 is 9.53 Å². The van der Waals surface area contributed by atoms with Crippen LogP contribution in [-0.2, 0) is 30.7 Å². The van der Waals surface area contributed by atoms with Crippen LogP contribution in [0.2, 0.25) is 0 Å². The minimum absolute atomic E-state index is 0.0502. The number of hydrogen-bond donors (Lipinski definition) is 1. The van der Waals surface area contributed by atoms with E-state index < -0.39 is 0 Å². The average Bonchev–Trinajstić information content (AvgIpc) is 3.09. The standard InChI is InChI=1S/C16H20N2O2S2/c1-10-13(22-14(18-10)8-20-2)7-17-16(19)15-12-6-4-3-5-11(12)9-21-15/h9H,3-8H2,1-2H3,(H,17,19). The molecular weight excluding hydrogens is 316 g/mol. The summed E-state index contributed by atoms with van der Waals surface area (Å²) in [6, 6.07) is 0. The summed E-state index contributed by atoms with van der Waals surface area (Å²) in [4.78, 5) is 18.9. The zero-order valence-electron chi connectivity index (χ0n) is 12.9. The molecule has 4 nitrogen and oxygen atoms in total. The first-order valence-electron chi connectivity index (χ1n) is 7.50. The first-order valence-corrected chi connectivity index (χ1v) is 9.20. The van der Waals surface area contributed by atoms with Crippen molar-refractivity contribution in [1.29, 1.82) is 0 Å². The highest BCUT2D eigenvalue weighted by Gasteiger charge is 2.20. The van der Waals surface area contributed by atoms with Gasteiger partial charge in [-0.05, 0) is 49.1 Å². The maximum atomic E-state index is 12.5. The van der Waals surface area contributed by atoms with Crippen LogP contribution in [0.1, 0.15) is 49.2 Å². The second-order valence-corrected chi connectivity index (χ2v) is 7.56. The van der Waals surface area contributed by atoms with Gasteiger partial charge in [-0.25, -0.2) is 4.98 Å². The van der Waals surface area contributed by atoms with Crippen molar-refractivity contribution in [2.75, 3.05) is 7.11 Å². The highest BCUT2D eigenvalue weighted by molar-refractivity contribution is 7.12. The van der Waals surface area contributed by atoms with Crippen LogP contribution in [0.3, 0.4) is 0 Å². The first-order chi connectivity index (χ1) is 10.7. The van der Waals surface area contributed by atoms with Crippen LogP contribution < -0.4 is 5.32 Å². The molecule has 0 spiro atoms. The number of hydrogen-bond acceptors (Lipinski definition) is 5. The molecule has 6 heteroatoms. The molecule has 1 N–H and O–H groups in total. The lowest BCUT2D eigenvalue weighted by Crippen LogP contribution is -2.23. The predicted octanol–water partition coefficient (Wildman–Crippen LogP) is 3.47. The third kappa shape index (κ3) is 3.24. The Labute approximate surface area is 138 Å². The summed E-state index contributed by atoms with van der Waals surface area (Å²) in [6.07, 6.45) is 4.60. The summed E-state index contributed by atoms with van der Waals surface area (Å²) < 4.78 is 5.11. The van der Waals surface area contributed by atoms with Crippen molar-refractivity contribution in [3.05, 3.63) is 37.0 Å². The zero-order chi connectivity index (χ0) is 15.5. The third-order valence-corrected chi connectivity index (χ3v) is 6.12. The number of aryl methyl sites for hydroxylation is 2. The highest BCUT2D eigenvalue weighted by Crippen LogP contribution is 2.30. The van der Waals surface area contributed by atoms with E-state index in [9.17, 15) is 4.79 Å². The maximum Gasteiger partial charge on any atom is 0.261 e. The van der Waals surface area contributed by atoms with Crippen molar-refractivity contribution in [3.8, 4) is 0 Å². The number of nitrogens with one attached hydrogen (secondary N) is 1. The summed E-state index contributed by atoms with van der Waals surface area (Å²) in [5, 5.41) is 6.16. The topological polar surface area (TPSA) is 51.2 Å². The number of ether oxygens (including phenoxy) is 1. The number of amides is 1. The highest BCUT2D eigenvalue weighted by atomic mass is 32.1. The van der Waals surface area contributed by atoms with Crippen LogP contribution in [0, 0.1) is 6.92 Å². The molecule has 22 heavy (non-hydrogen) atoms. The van der Waals surface area contributed by atoms with Gasteiger partial charge >= 0.3 is 0 Å². The molecular formula is C16H20N2O2S2. The van der Waals surface area contributed by atoms with E-state index in [1.54, 1.807) is 29.8 Å².